The van der Waals surface area contributed by atoms with Crippen LogP contribution in [0.2, 0.25) is 0 Å². The molecule has 2 aromatic carbocycles. The van der Waals surface area contributed by atoms with E-state index in [0.717, 1.165) is 22.4 Å². The maximum Gasteiger partial charge on any atom is 0.0684 e. The van der Waals surface area contributed by atoms with E-state index in [-0.39, 0.29) is 5.92 Å². The topological polar surface area (TPSA) is 36.7 Å². The molecule has 1 atom stereocenters. The zero-order valence-electron chi connectivity index (χ0n) is 12.5. The van der Waals surface area contributed by atoms with Crippen LogP contribution in [0, 0.1) is 12.3 Å². The summed E-state index contributed by atoms with van der Waals surface area (Å²) in [4.78, 5) is 4.49. The summed E-state index contributed by atoms with van der Waals surface area (Å²) in [7, 11) is 0. The summed E-state index contributed by atoms with van der Waals surface area (Å²) in [5.41, 5.74) is 4.67. The molecule has 22 heavy (non-hydrogen) atoms. The summed E-state index contributed by atoms with van der Waals surface area (Å²) < 4.78 is 0. The highest BCUT2D eigenvalue weighted by Crippen LogP contribution is 2.28. The first-order valence-corrected chi connectivity index (χ1v) is 7.37. The van der Waals surface area contributed by atoms with Crippen molar-refractivity contribution < 1.29 is 0 Å². The fraction of sp³-hybridized carbons (Fsp3) is 0.100. The molecule has 2 heteroatoms. The van der Waals surface area contributed by atoms with Crippen molar-refractivity contribution in [3.8, 4) is 0 Å². The molecule has 0 aliphatic rings. The summed E-state index contributed by atoms with van der Waals surface area (Å²) in [6.07, 6.45) is 1.79. The fourth-order valence-corrected chi connectivity index (χ4v) is 2.71. The first-order chi connectivity index (χ1) is 10.8. The van der Waals surface area contributed by atoms with Crippen LogP contribution >= 0.6 is 0 Å². The lowest BCUT2D eigenvalue weighted by molar-refractivity contribution is 0.984. The number of benzene rings is 2. The summed E-state index contributed by atoms with van der Waals surface area (Å²) in [6, 6.07) is 24.1. The number of nitrogens with one attached hydrogen (secondary N) is 1. The zero-order chi connectivity index (χ0) is 15.4. The van der Waals surface area contributed by atoms with Gasteiger partial charge in [0.15, 0.2) is 0 Å². The van der Waals surface area contributed by atoms with Crippen LogP contribution in [-0.2, 0) is 0 Å². The van der Waals surface area contributed by atoms with Crippen molar-refractivity contribution in [3.63, 3.8) is 0 Å². The number of rotatable bonds is 4. The molecule has 2 nitrogen and oxygen atoms in total. The second-order valence-corrected chi connectivity index (χ2v) is 5.33. The molecule has 3 aromatic rings. The van der Waals surface area contributed by atoms with Gasteiger partial charge in [-0.25, -0.2) is 0 Å². The highest BCUT2D eigenvalue weighted by Gasteiger charge is 2.22. The van der Waals surface area contributed by atoms with Crippen molar-refractivity contribution >= 4 is 5.71 Å². The minimum absolute atomic E-state index is 0.150. The Kier molecular flexibility index (Phi) is 4.10. The zero-order valence-corrected chi connectivity index (χ0v) is 12.5. The Labute approximate surface area is 131 Å². The standard InChI is InChI=1S/C20H18N2/c1-15-9-5-6-12-17(15)20(21)19(16-10-3-2-4-11-16)18-13-7-8-14-22-18/h2-14,19,21H,1H3. The third kappa shape index (κ3) is 2.82. The Bertz CT molecular complexity index is 724. The molecule has 0 aliphatic heterocycles. The molecule has 3 rings (SSSR count). The van der Waals surface area contributed by atoms with Crippen molar-refractivity contribution in [3.05, 3.63) is 101 Å². The van der Waals surface area contributed by atoms with Gasteiger partial charge >= 0.3 is 0 Å². The van der Waals surface area contributed by atoms with Crippen molar-refractivity contribution in [1.82, 2.24) is 4.98 Å². The van der Waals surface area contributed by atoms with E-state index in [2.05, 4.69) is 17.1 Å². The fourth-order valence-electron chi connectivity index (χ4n) is 2.71. The first-order valence-electron chi connectivity index (χ1n) is 7.37. The van der Waals surface area contributed by atoms with E-state index in [1.54, 1.807) is 6.20 Å². The Morgan fingerprint density at radius 1 is 0.864 bits per heavy atom. The summed E-state index contributed by atoms with van der Waals surface area (Å²) in [6.45, 7) is 2.05. The number of hydrogen-bond acceptors (Lipinski definition) is 2. The van der Waals surface area contributed by atoms with E-state index in [9.17, 15) is 0 Å². The molecule has 108 valence electrons. The van der Waals surface area contributed by atoms with Gasteiger partial charge in [-0.15, -0.1) is 0 Å². The van der Waals surface area contributed by atoms with Gasteiger partial charge < -0.3 is 5.41 Å². The number of pyridine rings is 1. The van der Waals surface area contributed by atoms with Gasteiger partial charge in [0.1, 0.15) is 0 Å². The van der Waals surface area contributed by atoms with Gasteiger partial charge in [-0.3, -0.25) is 4.98 Å². The number of hydrogen-bond donors (Lipinski definition) is 1. The normalized spacial score (nSPS) is 11.9. The summed E-state index contributed by atoms with van der Waals surface area (Å²) in [5.74, 6) is -0.150. The molecule has 1 unspecified atom stereocenters. The highest BCUT2D eigenvalue weighted by molar-refractivity contribution is 6.05. The van der Waals surface area contributed by atoms with E-state index in [1.807, 2.05) is 67.6 Å². The van der Waals surface area contributed by atoms with Crippen LogP contribution in [0.15, 0.2) is 79.0 Å². The van der Waals surface area contributed by atoms with Crippen molar-refractivity contribution in [2.45, 2.75) is 12.8 Å². The lowest BCUT2D eigenvalue weighted by Crippen LogP contribution is -2.16. The van der Waals surface area contributed by atoms with E-state index < -0.39 is 0 Å². The average Bonchev–Trinajstić information content (AvgIpc) is 2.57. The number of nitrogens with zero attached hydrogens (tertiary/aromatic N) is 1. The Morgan fingerprint density at radius 3 is 2.23 bits per heavy atom. The molecule has 0 saturated carbocycles. The van der Waals surface area contributed by atoms with Crippen LogP contribution in [0.3, 0.4) is 0 Å². The molecule has 0 radical (unpaired) electrons. The SMILES string of the molecule is Cc1ccccc1C(=N)C(c1ccccc1)c1ccccn1. The average molecular weight is 286 g/mol. The van der Waals surface area contributed by atoms with Gasteiger partial charge in [-0.05, 0) is 35.7 Å². The predicted molar refractivity (Wildman–Crippen MR) is 90.5 cm³/mol. The van der Waals surface area contributed by atoms with Gasteiger partial charge in [-0.2, -0.15) is 0 Å². The summed E-state index contributed by atoms with van der Waals surface area (Å²) >= 11 is 0. The molecule has 1 N–H and O–H groups in total. The lowest BCUT2D eigenvalue weighted by Gasteiger charge is -2.19. The van der Waals surface area contributed by atoms with Crippen LogP contribution in [0.4, 0.5) is 0 Å². The van der Waals surface area contributed by atoms with Crippen LogP contribution < -0.4 is 0 Å². The lowest BCUT2D eigenvalue weighted by atomic mass is 9.85. The maximum atomic E-state index is 8.76. The molecule has 0 aliphatic carbocycles. The monoisotopic (exact) mass is 286 g/mol. The highest BCUT2D eigenvalue weighted by atomic mass is 14.7. The largest absolute Gasteiger partial charge is 0.304 e. The van der Waals surface area contributed by atoms with E-state index in [4.69, 9.17) is 5.41 Å². The Balaban J connectivity index is 2.11. The Morgan fingerprint density at radius 2 is 1.55 bits per heavy atom. The second-order valence-electron chi connectivity index (χ2n) is 5.33. The van der Waals surface area contributed by atoms with Gasteiger partial charge in [0, 0.05) is 6.20 Å². The van der Waals surface area contributed by atoms with E-state index in [0.29, 0.717) is 5.71 Å². The molecule has 0 amide bonds. The van der Waals surface area contributed by atoms with Crippen LogP contribution in [-0.4, -0.2) is 10.7 Å². The third-order valence-corrected chi connectivity index (χ3v) is 3.84. The minimum atomic E-state index is -0.150. The van der Waals surface area contributed by atoms with E-state index >= 15 is 0 Å². The molecule has 0 fully saturated rings. The van der Waals surface area contributed by atoms with Crippen LogP contribution in [0.1, 0.15) is 28.3 Å². The van der Waals surface area contributed by atoms with Crippen molar-refractivity contribution in [2.75, 3.05) is 0 Å². The third-order valence-electron chi connectivity index (χ3n) is 3.84. The van der Waals surface area contributed by atoms with Crippen LogP contribution in [0.25, 0.3) is 0 Å². The number of aromatic nitrogens is 1. The van der Waals surface area contributed by atoms with Crippen molar-refractivity contribution in [2.24, 2.45) is 0 Å². The molecule has 1 heterocycles. The smallest absolute Gasteiger partial charge is 0.0684 e. The van der Waals surface area contributed by atoms with Gasteiger partial charge in [0.05, 0.1) is 17.3 Å². The summed E-state index contributed by atoms with van der Waals surface area (Å²) in [5, 5.41) is 8.76. The first kappa shape index (κ1) is 14.2. The van der Waals surface area contributed by atoms with Gasteiger partial charge in [0.2, 0.25) is 0 Å². The minimum Gasteiger partial charge on any atom is -0.304 e. The van der Waals surface area contributed by atoms with Gasteiger partial charge in [-0.1, -0.05) is 60.7 Å². The second kappa shape index (κ2) is 6.35. The van der Waals surface area contributed by atoms with Crippen LogP contribution in [0.5, 0.6) is 0 Å². The Hall–Kier alpha value is -2.74. The van der Waals surface area contributed by atoms with E-state index in [1.165, 1.54) is 0 Å². The van der Waals surface area contributed by atoms with Crippen molar-refractivity contribution in [1.29, 1.82) is 5.41 Å². The number of aryl methyl sites for hydroxylation is 1. The molecule has 0 bridgehead atoms. The molecular formula is C20H18N2. The maximum absolute atomic E-state index is 8.76. The molecular weight excluding hydrogens is 268 g/mol. The molecule has 1 aromatic heterocycles. The quantitative estimate of drug-likeness (QED) is 0.700. The molecule has 0 saturated heterocycles. The molecule has 0 spiro atoms. The predicted octanol–water partition coefficient (Wildman–Crippen LogP) is 4.59. The van der Waals surface area contributed by atoms with Gasteiger partial charge in [0.25, 0.3) is 0 Å².